The minimum Gasteiger partial charge on any atom is -0.392 e. The Bertz CT molecular complexity index is 933. The SMILES string of the molecule is C[C@H](C(=O)NCCN1CCOCC1)[C@@H]1CC[C@]2(C)Cc3sc(NC(=O)CN(C)C)nc3[C@H](C)[C@@H]2[C@H]1O. The Morgan fingerprint density at radius 1 is 1.33 bits per heavy atom. The molecule has 0 aromatic carbocycles. The fraction of sp³-hybridized carbons (Fsp3) is 0.808. The van der Waals surface area contributed by atoms with Crippen LogP contribution in [0.3, 0.4) is 0 Å². The lowest BCUT2D eigenvalue weighted by Gasteiger charge is -2.53. The zero-order chi connectivity index (χ0) is 26.0. The number of anilines is 1. The lowest BCUT2D eigenvalue weighted by atomic mass is 9.53. The van der Waals surface area contributed by atoms with E-state index >= 15 is 0 Å². The van der Waals surface area contributed by atoms with Crippen molar-refractivity contribution in [3.63, 3.8) is 0 Å². The monoisotopic (exact) mass is 521 g/mol. The molecule has 2 aliphatic carbocycles. The number of likely N-dealkylation sites (N-methyl/N-ethyl adjacent to an activating group) is 1. The molecule has 202 valence electrons. The van der Waals surface area contributed by atoms with Crippen molar-refractivity contribution in [1.29, 1.82) is 0 Å². The first-order valence-corrected chi connectivity index (χ1v) is 14.1. The van der Waals surface area contributed by atoms with Crippen LogP contribution in [-0.2, 0) is 20.7 Å². The van der Waals surface area contributed by atoms with Crippen LogP contribution in [0.15, 0.2) is 0 Å². The van der Waals surface area contributed by atoms with Crippen LogP contribution in [0.4, 0.5) is 5.13 Å². The van der Waals surface area contributed by atoms with Gasteiger partial charge >= 0.3 is 0 Å². The van der Waals surface area contributed by atoms with Gasteiger partial charge in [-0.15, -0.1) is 11.3 Å². The molecule has 3 N–H and O–H groups in total. The maximum absolute atomic E-state index is 13.0. The Kier molecular flexibility index (Phi) is 8.71. The summed E-state index contributed by atoms with van der Waals surface area (Å²) in [5.74, 6) is -0.285. The molecule has 36 heavy (non-hydrogen) atoms. The largest absolute Gasteiger partial charge is 0.392 e. The van der Waals surface area contributed by atoms with Crippen molar-refractivity contribution in [3.05, 3.63) is 10.6 Å². The molecule has 0 spiro atoms. The summed E-state index contributed by atoms with van der Waals surface area (Å²) in [5.41, 5.74) is 0.941. The second-order valence-electron chi connectivity index (χ2n) is 11.5. The van der Waals surface area contributed by atoms with E-state index in [1.807, 2.05) is 25.9 Å². The highest BCUT2D eigenvalue weighted by Crippen LogP contribution is 2.57. The number of carbonyl (C=O) groups is 2. The summed E-state index contributed by atoms with van der Waals surface area (Å²) in [5, 5.41) is 18.3. The number of hydrogen-bond donors (Lipinski definition) is 3. The number of aliphatic hydroxyl groups excluding tert-OH is 1. The molecular weight excluding hydrogens is 478 g/mol. The van der Waals surface area contributed by atoms with Crippen molar-refractivity contribution < 1.29 is 19.4 Å². The molecule has 9 nitrogen and oxygen atoms in total. The standard InChI is InChI=1S/C26H43N5O4S/c1-16(24(34)27-8-9-31-10-12-35-13-11-31)18-6-7-26(3)14-19-22(17(2)21(26)23(18)33)29-25(36-19)28-20(32)15-30(4)5/h16-18,21,23,33H,6-15H2,1-5H3,(H,27,34)(H,28,29,32)/t16-,17+,18-,21+,23-,26+/m0/s1. The predicted octanol–water partition coefficient (Wildman–Crippen LogP) is 1.78. The van der Waals surface area contributed by atoms with Gasteiger partial charge in [-0.05, 0) is 50.6 Å². The van der Waals surface area contributed by atoms with Gasteiger partial charge in [-0.1, -0.05) is 20.8 Å². The van der Waals surface area contributed by atoms with Crippen LogP contribution in [0, 0.1) is 23.2 Å². The number of nitrogens with zero attached hydrogens (tertiary/aromatic N) is 3. The Balaban J connectivity index is 1.39. The van der Waals surface area contributed by atoms with Gasteiger partial charge < -0.3 is 25.4 Å². The highest BCUT2D eigenvalue weighted by Gasteiger charge is 2.53. The number of hydrogen-bond acceptors (Lipinski definition) is 8. The molecule has 1 saturated carbocycles. The minimum atomic E-state index is -0.569. The number of nitrogens with one attached hydrogen (secondary N) is 2. The van der Waals surface area contributed by atoms with Crippen molar-refractivity contribution in [2.24, 2.45) is 23.2 Å². The second-order valence-corrected chi connectivity index (χ2v) is 12.6. The number of amides is 2. The number of aromatic nitrogens is 1. The summed E-state index contributed by atoms with van der Waals surface area (Å²) in [6, 6.07) is 0. The molecule has 4 rings (SSSR count). The van der Waals surface area contributed by atoms with Gasteiger partial charge in [0.05, 0.1) is 31.6 Å². The van der Waals surface area contributed by atoms with E-state index < -0.39 is 6.10 Å². The molecule has 0 bridgehead atoms. The van der Waals surface area contributed by atoms with Gasteiger partial charge in [0, 0.05) is 42.9 Å². The third kappa shape index (κ3) is 5.93. The molecule has 2 heterocycles. The summed E-state index contributed by atoms with van der Waals surface area (Å²) >= 11 is 1.56. The molecule has 3 aliphatic rings. The summed E-state index contributed by atoms with van der Waals surface area (Å²) in [4.78, 5) is 35.4. The van der Waals surface area contributed by atoms with Gasteiger partial charge in [0.1, 0.15) is 0 Å². The number of aliphatic hydroxyl groups is 1. The molecule has 1 aromatic heterocycles. The first-order chi connectivity index (χ1) is 17.1. The summed E-state index contributed by atoms with van der Waals surface area (Å²) in [7, 11) is 3.73. The van der Waals surface area contributed by atoms with E-state index in [0.29, 0.717) is 18.2 Å². The van der Waals surface area contributed by atoms with Crippen molar-refractivity contribution >= 4 is 28.3 Å². The third-order valence-electron chi connectivity index (χ3n) is 8.52. The molecule has 6 atom stereocenters. The number of morpholine rings is 1. The van der Waals surface area contributed by atoms with Crippen molar-refractivity contribution in [2.45, 2.75) is 52.1 Å². The summed E-state index contributed by atoms with van der Waals surface area (Å²) in [6.45, 7) is 11.4. The number of carbonyl (C=O) groups excluding carboxylic acids is 2. The minimum absolute atomic E-state index is 0.0274. The maximum Gasteiger partial charge on any atom is 0.240 e. The predicted molar refractivity (Wildman–Crippen MR) is 141 cm³/mol. The van der Waals surface area contributed by atoms with Crippen molar-refractivity contribution in [3.8, 4) is 0 Å². The quantitative estimate of drug-likeness (QED) is 0.479. The molecule has 2 amide bonds. The van der Waals surface area contributed by atoms with Gasteiger partial charge in [-0.25, -0.2) is 4.98 Å². The summed E-state index contributed by atoms with van der Waals surface area (Å²) < 4.78 is 5.39. The Labute approximate surface area is 219 Å². The number of fused-ring (bicyclic) bond motifs is 2. The molecule has 10 heteroatoms. The van der Waals surface area contributed by atoms with Crippen LogP contribution >= 0.6 is 11.3 Å². The first-order valence-electron chi connectivity index (χ1n) is 13.3. The van der Waals surface area contributed by atoms with Crippen molar-refractivity contribution in [2.75, 3.05) is 65.3 Å². The normalized spacial score (nSPS) is 31.4. The lowest BCUT2D eigenvalue weighted by molar-refractivity contribution is -0.134. The second kappa shape index (κ2) is 11.4. The van der Waals surface area contributed by atoms with Crippen LogP contribution in [-0.4, -0.2) is 97.8 Å². The third-order valence-corrected chi connectivity index (χ3v) is 9.50. The van der Waals surface area contributed by atoms with Gasteiger partial charge in [-0.2, -0.15) is 0 Å². The zero-order valence-corrected chi connectivity index (χ0v) is 23.2. The van der Waals surface area contributed by atoms with Gasteiger partial charge in [0.25, 0.3) is 0 Å². The smallest absolute Gasteiger partial charge is 0.240 e. The maximum atomic E-state index is 13.0. The summed E-state index contributed by atoms with van der Waals surface area (Å²) in [6.07, 6.45) is 2.08. The van der Waals surface area contributed by atoms with E-state index in [9.17, 15) is 14.7 Å². The van der Waals surface area contributed by atoms with Gasteiger partial charge in [0.2, 0.25) is 11.8 Å². The zero-order valence-electron chi connectivity index (χ0n) is 22.4. The number of rotatable bonds is 8. The fourth-order valence-corrected chi connectivity index (χ4v) is 7.84. The van der Waals surface area contributed by atoms with Crippen molar-refractivity contribution in [1.82, 2.24) is 20.1 Å². The number of ether oxygens (including phenoxy) is 1. The van der Waals surface area contributed by atoms with Crippen LogP contribution in [0.1, 0.15) is 50.1 Å². The van der Waals surface area contributed by atoms with E-state index in [-0.39, 0.29) is 40.9 Å². The molecule has 1 saturated heterocycles. The molecule has 2 fully saturated rings. The van der Waals surface area contributed by atoms with Gasteiger partial charge in [0.15, 0.2) is 5.13 Å². The lowest BCUT2D eigenvalue weighted by Crippen LogP contribution is -2.53. The van der Waals surface area contributed by atoms with Crippen LogP contribution in [0.5, 0.6) is 0 Å². The molecule has 0 unspecified atom stereocenters. The average Bonchev–Trinajstić information content (AvgIpc) is 3.20. The van der Waals surface area contributed by atoms with Crippen LogP contribution < -0.4 is 10.6 Å². The van der Waals surface area contributed by atoms with E-state index in [1.165, 1.54) is 4.88 Å². The highest BCUT2D eigenvalue weighted by atomic mass is 32.1. The Hall–Kier alpha value is -1.59. The first kappa shape index (κ1) is 27.4. The molecule has 0 radical (unpaired) electrons. The van der Waals surface area contributed by atoms with Crippen LogP contribution in [0.2, 0.25) is 0 Å². The molecular formula is C26H43N5O4S. The van der Waals surface area contributed by atoms with E-state index in [1.54, 1.807) is 11.3 Å². The van der Waals surface area contributed by atoms with E-state index in [2.05, 4.69) is 29.4 Å². The van der Waals surface area contributed by atoms with E-state index in [0.717, 1.165) is 57.8 Å². The Morgan fingerprint density at radius 2 is 2.06 bits per heavy atom. The number of thiazole rings is 1. The highest BCUT2D eigenvalue weighted by molar-refractivity contribution is 7.15. The average molecular weight is 522 g/mol. The Morgan fingerprint density at radius 3 is 2.75 bits per heavy atom. The van der Waals surface area contributed by atoms with Crippen LogP contribution in [0.25, 0.3) is 0 Å². The van der Waals surface area contributed by atoms with E-state index in [4.69, 9.17) is 9.72 Å². The topological polar surface area (TPSA) is 107 Å². The fourth-order valence-electron chi connectivity index (χ4n) is 6.56. The van der Waals surface area contributed by atoms with Gasteiger partial charge in [-0.3, -0.25) is 14.5 Å². The molecule has 1 aromatic rings. The molecule has 1 aliphatic heterocycles.